The van der Waals surface area contributed by atoms with Gasteiger partial charge >= 0.3 is 0 Å². The molecule has 8 heteroatoms. The summed E-state index contributed by atoms with van der Waals surface area (Å²) in [6, 6.07) is 3.60. The van der Waals surface area contributed by atoms with E-state index in [0.29, 0.717) is 35.4 Å². The van der Waals surface area contributed by atoms with Crippen molar-refractivity contribution in [3.05, 3.63) is 40.9 Å². The van der Waals surface area contributed by atoms with Crippen LogP contribution in [-0.4, -0.2) is 59.8 Å². The van der Waals surface area contributed by atoms with Crippen molar-refractivity contribution in [3.63, 3.8) is 0 Å². The predicted molar refractivity (Wildman–Crippen MR) is 113 cm³/mol. The Bertz CT molecular complexity index is 805. The van der Waals surface area contributed by atoms with Crippen LogP contribution in [0.15, 0.2) is 27.9 Å². The van der Waals surface area contributed by atoms with Gasteiger partial charge in [-0.2, -0.15) is 0 Å². The molecular formula is C21H30N4O3S. The van der Waals surface area contributed by atoms with E-state index < -0.39 is 0 Å². The molecule has 3 rings (SSSR count). The summed E-state index contributed by atoms with van der Waals surface area (Å²) in [6.07, 6.45) is 1.72. The second-order valence-corrected chi connectivity index (χ2v) is 8.77. The number of carbonyl (C=O) groups is 1. The van der Waals surface area contributed by atoms with E-state index in [1.807, 2.05) is 19.9 Å². The molecule has 0 unspecified atom stereocenters. The fourth-order valence-corrected chi connectivity index (χ4v) is 4.56. The topological polar surface area (TPSA) is 80.5 Å². The minimum Gasteiger partial charge on any atom is -0.374 e. The van der Waals surface area contributed by atoms with Gasteiger partial charge in [0, 0.05) is 43.7 Å². The lowest BCUT2D eigenvalue weighted by molar-refractivity contribution is -0.0295. The largest absolute Gasteiger partial charge is 0.374 e. The maximum atomic E-state index is 12.8. The molecule has 2 aromatic rings. The third-order valence-corrected chi connectivity index (χ3v) is 5.92. The van der Waals surface area contributed by atoms with Crippen molar-refractivity contribution in [1.82, 2.24) is 20.4 Å². The zero-order valence-corrected chi connectivity index (χ0v) is 18.4. The lowest BCUT2D eigenvalue weighted by atomic mass is 10.1. The first-order valence-corrected chi connectivity index (χ1v) is 11.0. The molecule has 1 N–H and O–H groups in total. The molecule has 3 heterocycles. The number of pyridine rings is 1. The number of ether oxygens (including phenoxy) is 1. The van der Waals surface area contributed by atoms with Crippen LogP contribution < -0.4 is 5.32 Å². The highest BCUT2D eigenvalue weighted by atomic mass is 32.2. The van der Waals surface area contributed by atoms with E-state index >= 15 is 0 Å². The normalized spacial score (nSPS) is 17.6. The first kappa shape index (κ1) is 21.8. The molecular weight excluding hydrogens is 388 g/mol. The zero-order valence-electron chi connectivity index (χ0n) is 17.6. The second-order valence-electron chi connectivity index (χ2n) is 7.80. The third kappa shape index (κ3) is 6.04. The Kier molecular flexibility index (Phi) is 7.69. The smallest absolute Gasteiger partial charge is 0.254 e. The SMILES string of the molecule is Cc1noc(C)c1CSc1ncccc1C(=O)NC[C@H]1CN(CC(C)C)CCO1. The van der Waals surface area contributed by atoms with Gasteiger partial charge in [0.15, 0.2) is 0 Å². The molecule has 1 fully saturated rings. The molecule has 1 amide bonds. The summed E-state index contributed by atoms with van der Waals surface area (Å²) in [7, 11) is 0. The summed E-state index contributed by atoms with van der Waals surface area (Å²) in [6.45, 7) is 12.3. The Labute approximate surface area is 176 Å². The van der Waals surface area contributed by atoms with Gasteiger partial charge in [-0.15, -0.1) is 11.8 Å². The average molecular weight is 419 g/mol. The number of morpholine rings is 1. The number of nitrogens with one attached hydrogen (secondary N) is 1. The van der Waals surface area contributed by atoms with E-state index in [9.17, 15) is 4.79 Å². The average Bonchev–Trinajstić information content (AvgIpc) is 3.02. The molecule has 1 aliphatic heterocycles. The Morgan fingerprint density at radius 1 is 1.41 bits per heavy atom. The van der Waals surface area contributed by atoms with Gasteiger partial charge in [-0.05, 0) is 31.9 Å². The lowest BCUT2D eigenvalue weighted by Gasteiger charge is -2.34. The van der Waals surface area contributed by atoms with Gasteiger partial charge in [-0.25, -0.2) is 4.98 Å². The summed E-state index contributed by atoms with van der Waals surface area (Å²) >= 11 is 1.52. The molecule has 0 bridgehead atoms. The molecule has 0 radical (unpaired) electrons. The Morgan fingerprint density at radius 2 is 2.24 bits per heavy atom. The number of hydrogen-bond donors (Lipinski definition) is 1. The molecule has 0 aliphatic carbocycles. The van der Waals surface area contributed by atoms with Gasteiger partial charge in [0.05, 0.1) is 24.0 Å². The van der Waals surface area contributed by atoms with Crippen molar-refractivity contribution in [2.24, 2.45) is 5.92 Å². The van der Waals surface area contributed by atoms with Crippen molar-refractivity contribution in [2.45, 2.75) is 44.6 Å². The van der Waals surface area contributed by atoms with Crippen LogP contribution in [0.25, 0.3) is 0 Å². The fraction of sp³-hybridized carbons (Fsp3) is 0.571. The number of thioether (sulfide) groups is 1. The molecule has 0 aromatic carbocycles. The van der Waals surface area contributed by atoms with Gasteiger partial charge in [0.1, 0.15) is 10.8 Å². The van der Waals surface area contributed by atoms with Crippen molar-refractivity contribution < 1.29 is 14.1 Å². The van der Waals surface area contributed by atoms with Crippen LogP contribution in [0.4, 0.5) is 0 Å². The summed E-state index contributed by atoms with van der Waals surface area (Å²) in [5, 5.41) is 7.71. The molecule has 2 aromatic heterocycles. The highest BCUT2D eigenvalue weighted by Gasteiger charge is 2.22. The van der Waals surface area contributed by atoms with Gasteiger partial charge in [0.25, 0.3) is 5.91 Å². The quantitative estimate of drug-likeness (QED) is 0.660. The van der Waals surface area contributed by atoms with Crippen molar-refractivity contribution >= 4 is 17.7 Å². The predicted octanol–water partition coefficient (Wildman–Crippen LogP) is 3.07. The lowest BCUT2D eigenvalue weighted by Crippen LogP contribution is -2.48. The van der Waals surface area contributed by atoms with Crippen LogP contribution in [0.3, 0.4) is 0 Å². The van der Waals surface area contributed by atoms with E-state index in [1.54, 1.807) is 12.3 Å². The summed E-state index contributed by atoms with van der Waals surface area (Å²) in [5.74, 6) is 1.96. The third-order valence-electron chi connectivity index (χ3n) is 4.89. The maximum Gasteiger partial charge on any atom is 0.254 e. The molecule has 1 saturated heterocycles. The number of rotatable bonds is 8. The zero-order chi connectivity index (χ0) is 20.8. The highest BCUT2D eigenvalue weighted by Crippen LogP contribution is 2.27. The first-order chi connectivity index (χ1) is 13.9. The highest BCUT2D eigenvalue weighted by molar-refractivity contribution is 7.98. The van der Waals surface area contributed by atoms with E-state index in [2.05, 4.69) is 34.2 Å². The number of aryl methyl sites for hydroxylation is 2. The van der Waals surface area contributed by atoms with Crippen LogP contribution in [0.2, 0.25) is 0 Å². The fourth-order valence-electron chi connectivity index (χ4n) is 3.42. The van der Waals surface area contributed by atoms with E-state index in [4.69, 9.17) is 9.26 Å². The van der Waals surface area contributed by atoms with Gasteiger partial charge in [0.2, 0.25) is 0 Å². The van der Waals surface area contributed by atoms with Crippen molar-refractivity contribution in [1.29, 1.82) is 0 Å². The van der Waals surface area contributed by atoms with Gasteiger partial charge in [-0.1, -0.05) is 19.0 Å². The summed E-state index contributed by atoms with van der Waals surface area (Å²) < 4.78 is 11.1. The Hall–Kier alpha value is -1.90. The molecule has 7 nitrogen and oxygen atoms in total. The number of nitrogens with zero attached hydrogens (tertiary/aromatic N) is 3. The van der Waals surface area contributed by atoms with Crippen molar-refractivity contribution in [3.8, 4) is 0 Å². The van der Waals surface area contributed by atoms with Gasteiger partial charge in [-0.3, -0.25) is 9.69 Å². The van der Waals surface area contributed by atoms with Crippen LogP contribution in [0.1, 0.15) is 41.2 Å². The number of hydrogen-bond acceptors (Lipinski definition) is 7. The molecule has 0 saturated carbocycles. The minimum absolute atomic E-state index is 0.0153. The minimum atomic E-state index is -0.121. The molecule has 1 aliphatic rings. The van der Waals surface area contributed by atoms with E-state index in [1.165, 1.54) is 11.8 Å². The van der Waals surface area contributed by atoms with Crippen molar-refractivity contribution in [2.75, 3.05) is 32.8 Å². The van der Waals surface area contributed by atoms with Crippen LogP contribution in [0.5, 0.6) is 0 Å². The number of amides is 1. The van der Waals surface area contributed by atoms with E-state index in [0.717, 1.165) is 36.7 Å². The number of carbonyl (C=O) groups excluding carboxylic acids is 1. The van der Waals surface area contributed by atoms with Crippen LogP contribution >= 0.6 is 11.8 Å². The Morgan fingerprint density at radius 3 is 2.97 bits per heavy atom. The molecule has 0 spiro atoms. The maximum absolute atomic E-state index is 12.8. The second kappa shape index (κ2) is 10.2. The van der Waals surface area contributed by atoms with Gasteiger partial charge < -0.3 is 14.6 Å². The standard InChI is InChI=1S/C21H30N4O3S/c1-14(2)11-25-8-9-27-17(12-25)10-23-20(26)18-6-5-7-22-21(18)29-13-19-15(3)24-28-16(19)4/h5-7,14,17H,8-13H2,1-4H3,(H,23,26)/t17-/m0/s1. The van der Waals surface area contributed by atoms with E-state index in [-0.39, 0.29) is 12.0 Å². The summed E-state index contributed by atoms with van der Waals surface area (Å²) in [5.41, 5.74) is 2.50. The molecule has 158 valence electrons. The van der Waals surface area contributed by atoms with Crippen LogP contribution in [-0.2, 0) is 10.5 Å². The van der Waals surface area contributed by atoms with Crippen LogP contribution in [0, 0.1) is 19.8 Å². The number of aromatic nitrogens is 2. The summed E-state index contributed by atoms with van der Waals surface area (Å²) in [4.78, 5) is 19.6. The first-order valence-electron chi connectivity index (χ1n) is 10.1. The molecule has 1 atom stereocenters. The Balaban J connectivity index is 1.57. The molecule has 29 heavy (non-hydrogen) atoms. The monoisotopic (exact) mass is 418 g/mol.